The Kier molecular flexibility index (Phi) is 11.3. The summed E-state index contributed by atoms with van der Waals surface area (Å²) in [6.45, 7) is 11.2. The van der Waals surface area contributed by atoms with Crippen molar-refractivity contribution >= 4 is 33.7 Å². The molecule has 2 aromatic carbocycles. The second kappa shape index (κ2) is 15.6. The molecule has 1 fully saturated rings. The van der Waals surface area contributed by atoms with Crippen LogP contribution in [0.25, 0.3) is 11.3 Å². The van der Waals surface area contributed by atoms with Crippen molar-refractivity contribution in [2.75, 3.05) is 52.8 Å². The molecule has 1 amide bonds. The highest BCUT2D eigenvalue weighted by molar-refractivity contribution is 7.88. The molecule has 1 atom stereocenters. The molecule has 0 saturated carbocycles. The van der Waals surface area contributed by atoms with E-state index in [1.165, 1.54) is 22.6 Å². The van der Waals surface area contributed by atoms with Gasteiger partial charge in [-0.05, 0) is 62.6 Å². The van der Waals surface area contributed by atoms with Crippen LogP contribution in [0, 0.1) is 11.8 Å². The number of esters is 1. The Morgan fingerprint density at radius 3 is 2.50 bits per heavy atom. The number of rotatable bonds is 7. The quantitative estimate of drug-likeness (QED) is 0.254. The van der Waals surface area contributed by atoms with Gasteiger partial charge < -0.3 is 14.2 Å². The lowest BCUT2D eigenvalue weighted by Gasteiger charge is -2.36. The molecule has 12 nitrogen and oxygen atoms in total. The number of hydrogen-bond donors (Lipinski definition) is 0. The number of methoxy groups -OCH3 is 1. The van der Waals surface area contributed by atoms with E-state index in [2.05, 4.69) is 16.7 Å². The fourth-order valence-electron chi connectivity index (χ4n) is 6.86. The summed E-state index contributed by atoms with van der Waals surface area (Å²) < 4.78 is 44.8. The van der Waals surface area contributed by atoms with Crippen LogP contribution in [0.3, 0.4) is 0 Å². The van der Waals surface area contributed by atoms with Crippen molar-refractivity contribution in [3.63, 3.8) is 0 Å². The Balaban J connectivity index is 1.27. The maximum atomic E-state index is 13.1. The van der Waals surface area contributed by atoms with Crippen LogP contribution >= 0.6 is 11.6 Å². The van der Waals surface area contributed by atoms with E-state index in [-0.39, 0.29) is 13.1 Å². The van der Waals surface area contributed by atoms with Crippen molar-refractivity contribution in [2.24, 2.45) is 0 Å². The van der Waals surface area contributed by atoms with E-state index >= 15 is 0 Å². The van der Waals surface area contributed by atoms with Crippen molar-refractivity contribution in [1.82, 2.24) is 23.9 Å². The van der Waals surface area contributed by atoms with Crippen LogP contribution in [0.1, 0.15) is 60.7 Å². The number of aromatic nitrogens is 2. The van der Waals surface area contributed by atoms with Crippen molar-refractivity contribution in [1.29, 1.82) is 0 Å². The molecule has 6 rings (SSSR count). The molecule has 0 unspecified atom stereocenters. The highest BCUT2D eigenvalue weighted by Gasteiger charge is 2.38. The van der Waals surface area contributed by atoms with E-state index in [4.69, 9.17) is 30.9 Å². The van der Waals surface area contributed by atoms with Gasteiger partial charge in [0.2, 0.25) is 10.0 Å². The normalized spacial score (nSPS) is 18.2. The monoisotopic (exact) mass is 751 g/mol. The van der Waals surface area contributed by atoms with Gasteiger partial charge in [0.05, 0.1) is 43.8 Å². The first-order valence-electron chi connectivity index (χ1n) is 17.5. The minimum atomic E-state index is -3.39. The van der Waals surface area contributed by atoms with E-state index in [0.717, 1.165) is 79.5 Å². The average Bonchev–Trinajstić information content (AvgIpc) is 3.47. The second-order valence-corrected chi connectivity index (χ2v) is 16.8. The maximum Gasteiger partial charge on any atom is 0.411 e. The lowest BCUT2D eigenvalue weighted by Crippen LogP contribution is -2.50. The first kappa shape index (κ1) is 37.8. The summed E-state index contributed by atoms with van der Waals surface area (Å²) in [5.41, 5.74) is 5.86. The highest BCUT2D eigenvalue weighted by Crippen LogP contribution is 2.33. The summed E-state index contributed by atoms with van der Waals surface area (Å²) in [4.78, 5) is 29.6. The van der Waals surface area contributed by atoms with Gasteiger partial charge in [-0.3, -0.25) is 14.5 Å². The number of hydrogen-bond acceptors (Lipinski definition) is 9. The third-order valence-electron chi connectivity index (χ3n) is 9.53. The molecule has 1 aromatic heterocycles. The van der Waals surface area contributed by atoms with Crippen LogP contribution in [0.15, 0.2) is 36.4 Å². The van der Waals surface area contributed by atoms with E-state index in [1.54, 1.807) is 26.8 Å². The lowest BCUT2D eigenvalue weighted by atomic mass is 9.92. The number of morpholine rings is 1. The van der Waals surface area contributed by atoms with E-state index in [0.29, 0.717) is 35.5 Å². The molecule has 0 N–H and O–H groups in total. The first-order chi connectivity index (χ1) is 24.7. The number of fused-ring (bicyclic) bond motifs is 2. The average molecular weight is 752 g/mol. The molecule has 278 valence electrons. The summed E-state index contributed by atoms with van der Waals surface area (Å²) >= 11 is 6.67. The van der Waals surface area contributed by atoms with Crippen LogP contribution in [0.4, 0.5) is 4.79 Å². The van der Waals surface area contributed by atoms with Gasteiger partial charge in [0.1, 0.15) is 11.6 Å². The zero-order valence-electron chi connectivity index (χ0n) is 30.4. The van der Waals surface area contributed by atoms with Gasteiger partial charge >= 0.3 is 12.1 Å². The van der Waals surface area contributed by atoms with Gasteiger partial charge in [0.25, 0.3) is 0 Å². The van der Waals surface area contributed by atoms with E-state index in [9.17, 15) is 18.0 Å². The Hall–Kier alpha value is -3.93. The smallest absolute Gasteiger partial charge is 0.411 e. The molecule has 14 heteroatoms. The maximum absolute atomic E-state index is 13.1. The highest BCUT2D eigenvalue weighted by atomic mass is 35.5. The van der Waals surface area contributed by atoms with Crippen LogP contribution in [0.5, 0.6) is 0 Å². The number of benzene rings is 2. The lowest BCUT2D eigenvalue weighted by molar-refractivity contribution is -0.147. The van der Waals surface area contributed by atoms with Crippen LogP contribution in [-0.2, 0) is 61.5 Å². The molecule has 3 aliphatic heterocycles. The van der Waals surface area contributed by atoms with Gasteiger partial charge in [-0.25, -0.2) is 18.0 Å². The summed E-state index contributed by atoms with van der Waals surface area (Å²) in [6.07, 6.45) is 2.45. The fourth-order valence-corrected chi connectivity index (χ4v) is 7.82. The Morgan fingerprint density at radius 1 is 1.02 bits per heavy atom. The van der Waals surface area contributed by atoms with Crippen LogP contribution < -0.4 is 0 Å². The van der Waals surface area contributed by atoms with E-state index < -0.39 is 33.7 Å². The van der Waals surface area contributed by atoms with Gasteiger partial charge in [0, 0.05) is 80.1 Å². The minimum Gasteiger partial charge on any atom is -0.467 e. The zero-order valence-corrected chi connectivity index (χ0v) is 32.0. The van der Waals surface area contributed by atoms with E-state index in [1.807, 2.05) is 35.0 Å². The molecule has 3 aromatic rings. The number of sulfonamides is 1. The third-order valence-corrected chi connectivity index (χ3v) is 11.1. The Labute approximate surface area is 311 Å². The Morgan fingerprint density at radius 2 is 1.79 bits per heavy atom. The summed E-state index contributed by atoms with van der Waals surface area (Å²) in [5.74, 6) is 5.94. The predicted molar refractivity (Wildman–Crippen MR) is 197 cm³/mol. The molecule has 0 spiro atoms. The molecule has 0 radical (unpaired) electrons. The van der Waals surface area contributed by atoms with Gasteiger partial charge in [-0.2, -0.15) is 9.40 Å². The molecular formula is C38H46ClN5O7S. The number of halogens is 1. The summed E-state index contributed by atoms with van der Waals surface area (Å²) in [6, 6.07) is 10.5. The molecular weight excluding hydrogens is 706 g/mol. The largest absolute Gasteiger partial charge is 0.467 e. The zero-order chi connectivity index (χ0) is 37.2. The SMILES string of the molecule is COC(=O)[C@@H]1Cc2ccc(C#Cc3cc(-c4nn(CCCN5CCOCC5)c5c4CN(S(C)(=O)=O)CC5)ccc3Cl)cc2CN1C(=O)OC(C)(C)C. The first-order valence-corrected chi connectivity index (χ1v) is 19.8. The van der Waals surface area contributed by atoms with Crippen molar-refractivity contribution < 1.29 is 32.2 Å². The van der Waals surface area contributed by atoms with Crippen molar-refractivity contribution in [2.45, 2.75) is 71.3 Å². The number of aryl methyl sites for hydroxylation is 1. The van der Waals surface area contributed by atoms with Crippen LogP contribution in [-0.4, -0.2) is 109 Å². The summed E-state index contributed by atoms with van der Waals surface area (Å²) in [5, 5.41) is 5.53. The summed E-state index contributed by atoms with van der Waals surface area (Å²) in [7, 11) is -2.09. The van der Waals surface area contributed by atoms with Crippen LogP contribution in [0.2, 0.25) is 5.02 Å². The number of carbonyl (C=O) groups is 2. The molecule has 1 saturated heterocycles. The van der Waals surface area contributed by atoms with Crippen molar-refractivity contribution in [3.8, 4) is 23.1 Å². The topological polar surface area (TPSA) is 124 Å². The number of amides is 1. The minimum absolute atomic E-state index is 0.167. The molecule has 3 aliphatic rings. The predicted octanol–water partition coefficient (Wildman–Crippen LogP) is 4.48. The molecule has 4 heterocycles. The Bertz CT molecular complexity index is 2010. The molecule has 0 aliphatic carbocycles. The molecule has 0 bridgehead atoms. The molecule has 52 heavy (non-hydrogen) atoms. The number of ether oxygens (including phenoxy) is 3. The van der Waals surface area contributed by atoms with Crippen molar-refractivity contribution in [3.05, 3.63) is 74.9 Å². The van der Waals surface area contributed by atoms with Gasteiger partial charge in [-0.1, -0.05) is 35.6 Å². The second-order valence-electron chi connectivity index (χ2n) is 14.4. The standard InChI is InChI=1S/C38H46ClN5O7S/c1-38(2,3)51-37(46)43-24-30-21-26(7-9-27(30)23-34(43)36(45)49-4)8-10-28-22-29(11-12-32(28)39)35-31-25-42(52(5,47)48)16-13-33(31)44(40-35)15-6-14-41-17-19-50-20-18-41/h7,9,11-12,21-22,34H,6,13-20,23-25H2,1-5H3/t34-/m0/s1. The van der Waals surface area contributed by atoms with Gasteiger partial charge in [-0.15, -0.1) is 0 Å². The number of carbonyl (C=O) groups excluding carboxylic acids is 2. The van der Waals surface area contributed by atoms with Gasteiger partial charge in [0.15, 0.2) is 0 Å². The fraction of sp³-hybridized carbons (Fsp3) is 0.500. The third kappa shape index (κ3) is 8.81. The number of nitrogens with zero attached hydrogens (tertiary/aromatic N) is 5.